The molecule has 0 saturated carbocycles. The van der Waals surface area contributed by atoms with Gasteiger partial charge in [0, 0.05) is 29.3 Å². The fourth-order valence-electron chi connectivity index (χ4n) is 3.00. The molecule has 4 heteroatoms. The number of nitrogens with zero attached hydrogens (tertiary/aromatic N) is 1. The Labute approximate surface area is 136 Å². The van der Waals surface area contributed by atoms with Crippen LogP contribution in [0.1, 0.15) is 40.0 Å². The smallest absolute Gasteiger partial charge is 0.226 e. The van der Waals surface area contributed by atoms with Crippen LogP contribution in [-0.4, -0.2) is 25.0 Å². The van der Waals surface area contributed by atoms with Gasteiger partial charge in [-0.05, 0) is 57.4 Å². The molecule has 1 fully saturated rings. The molecule has 0 spiro atoms. The van der Waals surface area contributed by atoms with Gasteiger partial charge < -0.3 is 10.2 Å². The number of piperidine rings is 1. The van der Waals surface area contributed by atoms with Crippen molar-refractivity contribution in [3.63, 3.8) is 0 Å². The summed E-state index contributed by atoms with van der Waals surface area (Å²) in [6.07, 6.45) is 2.77. The van der Waals surface area contributed by atoms with Gasteiger partial charge in [0.1, 0.15) is 0 Å². The monoisotopic (exact) mass is 352 g/mol. The van der Waals surface area contributed by atoms with E-state index in [1.165, 1.54) is 5.69 Å². The summed E-state index contributed by atoms with van der Waals surface area (Å²) in [7, 11) is 0. The second kappa shape index (κ2) is 6.82. The molecule has 0 atom stereocenters. The maximum Gasteiger partial charge on any atom is 0.226 e. The largest absolute Gasteiger partial charge is 0.371 e. The molecule has 0 radical (unpaired) electrons. The number of carbonyl (C=O) groups is 1. The second-order valence-electron chi connectivity index (χ2n) is 6.23. The first-order chi connectivity index (χ1) is 9.97. The van der Waals surface area contributed by atoms with Gasteiger partial charge in [-0.3, -0.25) is 4.79 Å². The fraction of sp³-hybridized carbons (Fsp3) is 0.588. The van der Waals surface area contributed by atoms with Gasteiger partial charge in [0.25, 0.3) is 0 Å². The number of halogens is 1. The summed E-state index contributed by atoms with van der Waals surface area (Å²) in [5, 5.41) is 3.10. The highest BCUT2D eigenvalue weighted by atomic mass is 79.9. The number of amides is 1. The van der Waals surface area contributed by atoms with Gasteiger partial charge in [-0.1, -0.05) is 22.9 Å². The molecule has 1 heterocycles. The van der Waals surface area contributed by atoms with Crippen LogP contribution in [0.5, 0.6) is 0 Å². The highest BCUT2D eigenvalue weighted by Gasteiger charge is 2.39. The van der Waals surface area contributed by atoms with Crippen LogP contribution in [0.15, 0.2) is 28.7 Å². The van der Waals surface area contributed by atoms with E-state index in [1.54, 1.807) is 0 Å². The van der Waals surface area contributed by atoms with Gasteiger partial charge in [0.15, 0.2) is 0 Å². The number of nitrogens with one attached hydrogen (secondary N) is 1. The second-order valence-corrected chi connectivity index (χ2v) is 7.14. The molecule has 0 aliphatic carbocycles. The van der Waals surface area contributed by atoms with Crippen molar-refractivity contribution >= 4 is 27.5 Å². The Balaban J connectivity index is 2.03. The van der Waals surface area contributed by atoms with Crippen molar-refractivity contribution in [1.82, 2.24) is 5.32 Å². The molecule has 1 N–H and O–H groups in total. The first-order valence-corrected chi connectivity index (χ1v) is 8.57. The summed E-state index contributed by atoms with van der Waals surface area (Å²) in [5.41, 5.74) is 1.06. The van der Waals surface area contributed by atoms with Crippen LogP contribution in [0.4, 0.5) is 5.69 Å². The number of rotatable bonds is 4. The number of anilines is 1. The first-order valence-electron chi connectivity index (χ1n) is 7.78. The molecule has 0 bridgehead atoms. The van der Waals surface area contributed by atoms with E-state index in [0.717, 1.165) is 36.8 Å². The highest BCUT2D eigenvalue weighted by Crippen LogP contribution is 2.37. The van der Waals surface area contributed by atoms with Crippen LogP contribution < -0.4 is 10.2 Å². The van der Waals surface area contributed by atoms with Crippen LogP contribution in [0.2, 0.25) is 0 Å². The third kappa shape index (κ3) is 3.79. The third-order valence-electron chi connectivity index (χ3n) is 4.49. The van der Waals surface area contributed by atoms with Crippen LogP contribution in [-0.2, 0) is 4.79 Å². The lowest BCUT2D eigenvalue weighted by Crippen LogP contribution is -2.50. The van der Waals surface area contributed by atoms with Gasteiger partial charge in [-0.2, -0.15) is 0 Å². The van der Waals surface area contributed by atoms with Crippen molar-refractivity contribution in [2.24, 2.45) is 5.41 Å². The Morgan fingerprint density at radius 1 is 1.29 bits per heavy atom. The van der Waals surface area contributed by atoms with Crippen LogP contribution in [0, 0.1) is 5.41 Å². The lowest BCUT2D eigenvalue weighted by Gasteiger charge is -2.41. The van der Waals surface area contributed by atoms with E-state index in [1.807, 2.05) is 13.8 Å². The minimum atomic E-state index is -0.184. The quantitative estimate of drug-likeness (QED) is 0.888. The van der Waals surface area contributed by atoms with E-state index in [-0.39, 0.29) is 17.4 Å². The average molecular weight is 353 g/mol. The Morgan fingerprint density at radius 3 is 2.33 bits per heavy atom. The van der Waals surface area contributed by atoms with Gasteiger partial charge >= 0.3 is 0 Å². The van der Waals surface area contributed by atoms with Crippen molar-refractivity contribution < 1.29 is 4.79 Å². The molecular weight excluding hydrogens is 328 g/mol. The maximum atomic E-state index is 12.5. The minimum Gasteiger partial charge on any atom is -0.371 e. The lowest BCUT2D eigenvalue weighted by atomic mass is 9.75. The Morgan fingerprint density at radius 2 is 1.86 bits per heavy atom. The SMILES string of the molecule is CCC1(C(=O)NC(C)C)CCN(c2ccc(Br)cc2)CC1. The normalized spacial score (nSPS) is 17.9. The molecule has 1 aromatic carbocycles. The van der Waals surface area contributed by atoms with Gasteiger partial charge in [-0.25, -0.2) is 0 Å². The molecule has 1 aliphatic rings. The van der Waals surface area contributed by atoms with E-state index in [0.29, 0.717) is 0 Å². The molecule has 2 rings (SSSR count). The zero-order chi connectivity index (χ0) is 15.5. The Bertz CT molecular complexity index is 476. The van der Waals surface area contributed by atoms with E-state index in [4.69, 9.17) is 0 Å². The predicted molar refractivity (Wildman–Crippen MR) is 91.6 cm³/mol. The van der Waals surface area contributed by atoms with Crippen LogP contribution in [0.25, 0.3) is 0 Å². The zero-order valence-corrected chi connectivity index (χ0v) is 14.7. The molecule has 0 unspecified atom stereocenters. The summed E-state index contributed by atoms with van der Waals surface area (Å²) in [4.78, 5) is 14.9. The van der Waals surface area contributed by atoms with Crippen molar-refractivity contribution in [2.75, 3.05) is 18.0 Å². The molecule has 116 valence electrons. The molecule has 0 aromatic heterocycles. The van der Waals surface area contributed by atoms with Crippen LogP contribution >= 0.6 is 15.9 Å². The number of hydrogen-bond acceptors (Lipinski definition) is 2. The summed E-state index contributed by atoms with van der Waals surface area (Å²) in [6.45, 7) is 8.08. The standard InChI is InChI=1S/C17H25BrN2O/c1-4-17(16(21)19-13(2)3)9-11-20(12-10-17)15-7-5-14(18)6-8-15/h5-8,13H,4,9-12H2,1-3H3,(H,19,21). The molecule has 21 heavy (non-hydrogen) atoms. The molecule has 1 aliphatic heterocycles. The zero-order valence-electron chi connectivity index (χ0n) is 13.2. The third-order valence-corrected chi connectivity index (χ3v) is 5.02. The number of hydrogen-bond donors (Lipinski definition) is 1. The van der Waals surface area contributed by atoms with E-state index in [9.17, 15) is 4.79 Å². The molecule has 1 amide bonds. The minimum absolute atomic E-state index is 0.184. The maximum absolute atomic E-state index is 12.5. The fourth-order valence-corrected chi connectivity index (χ4v) is 3.27. The average Bonchev–Trinajstić information content (AvgIpc) is 2.47. The van der Waals surface area contributed by atoms with E-state index in [2.05, 4.69) is 57.3 Å². The molecular formula is C17H25BrN2O. The summed E-state index contributed by atoms with van der Waals surface area (Å²) in [6, 6.07) is 8.63. The van der Waals surface area contributed by atoms with Crippen molar-refractivity contribution in [2.45, 2.75) is 46.1 Å². The summed E-state index contributed by atoms with van der Waals surface area (Å²) < 4.78 is 1.10. The van der Waals surface area contributed by atoms with Crippen molar-refractivity contribution in [3.8, 4) is 0 Å². The molecule has 3 nitrogen and oxygen atoms in total. The molecule has 1 aromatic rings. The van der Waals surface area contributed by atoms with E-state index >= 15 is 0 Å². The van der Waals surface area contributed by atoms with Gasteiger partial charge in [0.05, 0.1) is 5.41 Å². The van der Waals surface area contributed by atoms with E-state index < -0.39 is 0 Å². The number of carbonyl (C=O) groups excluding carboxylic acids is 1. The molecule has 1 saturated heterocycles. The van der Waals surface area contributed by atoms with Gasteiger partial charge in [0.2, 0.25) is 5.91 Å². The Kier molecular flexibility index (Phi) is 5.31. The predicted octanol–water partition coefficient (Wildman–Crippen LogP) is 3.97. The highest BCUT2D eigenvalue weighted by molar-refractivity contribution is 9.10. The van der Waals surface area contributed by atoms with Gasteiger partial charge in [-0.15, -0.1) is 0 Å². The topological polar surface area (TPSA) is 32.3 Å². The first kappa shape index (κ1) is 16.3. The van der Waals surface area contributed by atoms with Crippen molar-refractivity contribution in [3.05, 3.63) is 28.7 Å². The Hall–Kier alpha value is -1.03. The lowest BCUT2D eigenvalue weighted by molar-refractivity contribution is -0.133. The van der Waals surface area contributed by atoms with Crippen LogP contribution in [0.3, 0.4) is 0 Å². The number of benzene rings is 1. The van der Waals surface area contributed by atoms with Crippen molar-refractivity contribution in [1.29, 1.82) is 0 Å². The summed E-state index contributed by atoms with van der Waals surface area (Å²) in [5.74, 6) is 0.232. The summed E-state index contributed by atoms with van der Waals surface area (Å²) >= 11 is 3.47.